The van der Waals surface area contributed by atoms with E-state index in [4.69, 9.17) is 0 Å². The van der Waals surface area contributed by atoms with E-state index >= 15 is 0 Å². The highest BCUT2D eigenvalue weighted by atomic mass is 16.5. The number of aliphatic hydroxyl groups excluding tert-OH is 1. The molecule has 2 N–H and O–H groups in total. The molecule has 0 unspecified atom stereocenters. The Hall–Kier alpha value is -2.56. The predicted molar refractivity (Wildman–Crippen MR) is 70.9 cm³/mol. The van der Waals surface area contributed by atoms with Crippen molar-refractivity contribution in [3.8, 4) is 5.75 Å². The van der Waals surface area contributed by atoms with E-state index in [9.17, 15) is 15.0 Å². The van der Waals surface area contributed by atoms with Gasteiger partial charge in [-0.1, -0.05) is 12.1 Å². The molecule has 1 aromatic rings. The molecule has 1 aromatic carbocycles. The highest BCUT2D eigenvalue weighted by Crippen LogP contribution is 2.26. The van der Waals surface area contributed by atoms with Gasteiger partial charge in [-0.2, -0.15) is 0 Å². The summed E-state index contributed by atoms with van der Waals surface area (Å²) in [5, 5.41) is 19.4. The number of rotatable bonds is 2. The van der Waals surface area contributed by atoms with Gasteiger partial charge in [0.15, 0.2) is 5.76 Å². The van der Waals surface area contributed by atoms with E-state index in [1.165, 1.54) is 13.2 Å². The van der Waals surface area contributed by atoms with Crippen LogP contribution < -0.4 is 0 Å². The van der Waals surface area contributed by atoms with Gasteiger partial charge in [0.1, 0.15) is 17.0 Å². The third-order valence-electron chi connectivity index (χ3n) is 2.69. The number of ether oxygens (including phenoxy) is 1. The number of methoxy groups -OCH3 is 1. The maximum Gasteiger partial charge on any atom is 0.343 e. The Morgan fingerprint density at radius 2 is 2.11 bits per heavy atom. The van der Waals surface area contributed by atoms with E-state index in [0.717, 1.165) is 0 Å². The third-order valence-corrected chi connectivity index (χ3v) is 2.69. The topological polar surface area (TPSA) is 79.1 Å². The lowest BCUT2D eigenvalue weighted by Gasteiger charge is -2.00. The summed E-state index contributed by atoms with van der Waals surface area (Å²) in [5.41, 5.74) is 1.40. The number of phenols is 1. The molecule has 1 aliphatic rings. The van der Waals surface area contributed by atoms with E-state index in [1.54, 1.807) is 31.2 Å². The molecular weight excluding hydrogens is 246 g/mol. The molecule has 98 valence electrons. The van der Waals surface area contributed by atoms with Crippen LogP contribution in [0, 0.1) is 0 Å². The van der Waals surface area contributed by atoms with Crippen molar-refractivity contribution in [3.05, 3.63) is 46.9 Å². The van der Waals surface area contributed by atoms with Gasteiger partial charge in [0.05, 0.1) is 12.8 Å². The Morgan fingerprint density at radius 1 is 1.37 bits per heavy atom. The maximum absolute atomic E-state index is 11.5. The molecule has 0 amide bonds. The number of aliphatic imine (C=N–C) groups is 1. The monoisotopic (exact) mass is 259 g/mol. The van der Waals surface area contributed by atoms with Crippen LogP contribution in [0.1, 0.15) is 12.5 Å². The molecule has 0 atom stereocenters. The van der Waals surface area contributed by atoms with Crippen LogP contribution >= 0.6 is 0 Å². The van der Waals surface area contributed by atoms with Crippen LogP contribution in [0.25, 0.3) is 6.08 Å². The van der Waals surface area contributed by atoms with Gasteiger partial charge in [-0.15, -0.1) is 0 Å². The van der Waals surface area contributed by atoms with E-state index in [0.29, 0.717) is 11.3 Å². The van der Waals surface area contributed by atoms with Gasteiger partial charge < -0.3 is 14.9 Å². The van der Waals surface area contributed by atoms with Gasteiger partial charge in [0.2, 0.25) is 0 Å². The molecule has 0 bridgehead atoms. The largest absolute Gasteiger partial charge is 0.508 e. The summed E-state index contributed by atoms with van der Waals surface area (Å²) in [6.07, 6.45) is 1.58. The first-order chi connectivity index (χ1) is 9.02. The number of carbonyl (C=O) groups is 1. The van der Waals surface area contributed by atoms with Crippen molar-refractivity contribution < 1.29 is 19.7 Å². The average Bonchev–Trinajstić information content (AvgIpc) is 2.64. The van der Waals surface area contributed by atoms with Crippen molar-refractivity contribution in [2.24, 2.45) is 4.99 Å². The highest BCUT2D eigenvalue weighted by molar-refractivity contribution is 6.21. The Morgan fingerprint density at radius 3 is 2.74 bits per heavy atom. The van der Waals surface area contributed by atoms with Crippen molar-refractivity contribution in [1.82, 2.24) is 0 Å². The zero-order chi connectivity index (χ0) is 14.0. The summed E-state index contributed by atoms with van der Waals surface area (Å²) in [6.45, 7) is 1.62. The number of nitrogens with zero attached hydrogens (tertiary/aromatic N) is 1. The van der Waals surface area contributed by atoms with Crippen molar-refractivity contribution in [2.45, 2.75) is 6.92 Å². The Balaban J connectivity index is 2.43. The van der Waals surface area contributed by atoms with Crippen LogP contribution in [0.15, 0.2) is 46.3 Å². The number of aromatic hydroxyl groups is 1. The fraction of sp³-hybridized carbons (Fsp3) is 0.143. The number of carbonyl (C=O) groups excluding carboxylic acids is 1. The summed E-state index contributed by atoms with van der Waals surface area (Å²) < 4.78 is 4.59. The molecule has 19 heavy (non-hydrogen) atoms. The molecule has 0 aliphatic carbocycles. The van der Waals surface area contributed by atoms with Crippen LogP contribution in [0.5, 0.6) is 5.75 Å². The zero-order valence-electron chi connectivity index (χ0n) is 10.5. The van der Waals surface area contributed by atoms with Crippen LogP contribution in [0.3, 0.4) is 0 Å². The van der Waals surface area contributed by atoms with Crippen molar-refractivity contribution >= 4 is 17.8 Å². The number of hydrogen-bond donors (Lipinski definition) is 2. The van der Waals surface area contributed by atoms with Gasteiger partial charge in [-0.25, -0.2) is 9.79 Å². The normalized spacial score (nSPS) is 16.7. The van der Waals surface area contributed by atoms with Crippen LogP contribution in [-0.4, -0.2) is 29.0 Å². The van der Waals surface area contributed by atoms with E-state index in [2.05, 4.69) is 9.73 Å². The quantitative estimate of drug-likeness (QED) is 0.798. The highest BCUT2D eigenvalue weighted by Gasteiger charge is 2.27. The van der Waals surface area contributed by atoms with Crippen molar-refractivity contribution in [1.29, 1.82) is 0 Å². The van der Waals surface area contributed by atoms with E-state index < -0.39 is 5.97 Å². The summed E-state index contributed by atoms with van der Waals surface area (Å²) >= 11 is 0. The second-order valence-electron chi connectivity index (χ2n) is 4.04. The molecule has 1 heterocycles. The molecule has 2 rings (SSSR count). The molecular formula is C14H13NO4. The minimum absolute atomic E-state index is 0.0638. The summed E-state index contributed by atoms with van der Waals surface area (Å²) in [7, 11) is 1.24. The average molecular weight is 259 g/mol. The molecule has 0 saturated carbocycles. The lowest BCUT2D eigenvalue weighted by atomic mass is 10.1. The third kappa shape index (κ3) is 2.49. The molecule has 0 aromatic heterocycles. The second kappa shape index (κ2) is 4.97. The van der Waals surface area contributed by atoms with Gasteiger partial charge in [-0.05, 0) is 30.7 Å². The molecule has 1 aliphatic heterocycles. The molecule has 5 heteroatoms. The minimum atomic E-state index is -0.627. The lowest BCUT2D eigenvalue weighted by molar-refractivity contribution is -0.135. The molecule has 5 nitrogen and oxygen atoms in total. The van der Waals surface area contributed by atoms with Crippen LogP contribution in [-0.2, 0) is 9.53 Å². The molecule has 0 radical (unpaired) electrons. The summed E-state index contributed by atoms with van der Waals surface area (Å²) in [6, 6.07) is 6.50. The first kappa shape index (κ1) is 12.9. The SMILES string of the molecule is COC(=O)C1=C(O)/C(=C\c2cccc(O)c2)N=C1C. The number of aliphatic hydroxyl groups is 1. The summed E-state index contributed by atoms with van der Waals surface area (Å²) in [4.78, 5) is 15.6. The minimum Gasteiger partial charge on any atom is -0.508 e. The van der Waals surface area contributed by atoms with Gasteiger partial charge in [-0.3, -0.25) is 0 Å². The number of phenolic OH excluding ortho intramolecular Hbond substituents is 1. The maximum atomic E-state index is 11.5. The number of benzene rings is 1. The zero-order valence-corrected chi connectivity index (χ0v) is 10.5. The summed E-state index contributed by atoms with van der Waals surface area (Å²) in [5.74, 6) is -0.726. The number of esters is 1. The fourth-order valence-corrected chi connectivity index (χ4v) is 1.81. The first-order valence-corrected chi connectivity index (χ1v) is 5.61. The molecule has 0 saturated heterocycles. The van der Waals surface area contributed by atoms with Gasteiger partial charge in [0, 0.05) is 0 Å². The predicted octanol–water partition coefficient (Wildman–Crippen LogP) is 2.19. The smallest absolute Gasteiger partial charge is 0.343 e. The van der Waals surface area contributed by atoms with Crippen LogP contribution in [0.2, 0.25) is 0 Å². The first-order valence-electron chi connectivity index (χ1n) is 5.61. The van der Waals surface area contributed by atoms with E-state index in [1.807, 2.05) is 0 Å². The Bertz CT molecular complexity index is 626. The molecule has 0 spiro atoms. The van der Waals surface area contributed by atoms with Gasteiger partial charge >= 0.3 is 5.97 Å². The molecule has 0 fully saturated rings. The van der Waals surface area contributed by atoms with Crippen molar-refractivity contribution in [3.63, 3.8) is 0 Å². The fourth-order valence-electron chi connectivity index (χ4n) is 1.81. The van der Waals surface area contributed by atoms with Crippen molar-refractivity contribution in [2.75, 3.05) is 7.11 Å². The number of hydrogen-bond acceptors (Lipinski definition) is 5. The standard InChI is InChI=1S/C14H13NO4/c1-8-12(14(18)19-2)13(17)11(15-8)7-9-4-3-5-10(16)6-9/h3-7,16-17H,1-2H3/b11-7+. The second-order valence-corrected chi connectivity index (χ2v) is 4.04. The Kier molecular flexibility index (Phi) is 3.37. The van der Waals surface area contributed by atoms with E-state index in [-0.39, 0.29) is 22.8 Å². The van der Waals surface area contributed by atoms with Crippen LogP contribution in [0.4, 0.5) is 0 Å². The van der Waals surface area contributed by atoms with Gasteiger partial charge in [0.25, 0.3) is 0 Å². The Labute approximate surface area is 110 Å². The lowest BCUT2D eigenvalue weighted by Crippen LogP contribution is -2.11.